The van der Waals surface area contributed by atoms with Gasteiger partial charge in [0.05, 0.1) is 32.1 Å². The molecule has 0 aromatic rings. The van der Waals surface area contributed by atoms with Crippen LogP contribution in [0, 0.1) is 29.1 Å². The number of amides is 20. The molecule has 0 saturated carbocycles. The van der Waals surface area contributed by atoms with Gasteiger partial charge in [-0.2, -0.15) is 11.8 Å². The van der Waals surface area contributed by atoms with Crippen molar-refractivity contribution in [1.82, 2.24) is 95.3 Å². The summed E-state index contributed by atoms with van der Waals surface area (Å²) in [6.07, 6.45) is -5.31. The third-order valence-electron chi connectivity index (χ3n) is 19.8. The first-order chi connectivity index (χ1) is 61.6. The molecule has 132 heavy (non-hydrogen) atoms. The lowest BCUT2D eigenvalue weighted by atomic mass is 9.99. The van der Waals surface area contributed by atoms with Crippen molar-refractivity contribution in [2.45, 2.75) is 275 Å². The standard InChI is InChI=1S/C79H132N24O28S/c1-36(2)30-49(99-69(121)46(20-25-60(112)113)92-56(107)33-87-66(118)44(19-24-59(110)111)94-64(116)40(9)80)72(124)95-42(14-12-27-86-79(84)85)67(119)100-50(31-37(3)4)73(125)101-62(38(5)6)75(127)89-35-57(108)91-45(17-22-54(82)105)68(120)97-47(18-23-55(83)106)71(123)102-63(39(7)8)76(128)98-48(26-29-132-11)70(122)96-43(16-21-53(81)104)65(117)88-34-58(109)93-51(32-61(114)115)77(129)103-28-13-15-52(103)74(126)90-41(10)78(130)131/h36-52,62-63H,12-35,80H2,1-11H3,(H2,81,104)(H2,82,105)(H2,83,106)(H,87,118)(H,88,117)(H,89,127)(H,90,126)(H,91,108)(H,92,107)(H,93,109)(H,94,116)(H,95,124)(H,96,122)(H,97,120)(H,98,128)(H,99,121)(H,100,119)(H,101,125)(H,102,123)(H,110,111)(H,112,113)(H,114,115)(H,130,131)(H4,84,85,86)/t40-,41-,42-,43-,44-,45-,46-,47-,48-,49-,50-,51-,52-,62-,63-/m0/s1. The van der Waals surface area contributed by atoms with Gasteiger partial charge < -0.3 is 144 Å². The van der Waals surface area contributed by atoms with E-state index in [0.29, 0.717) is 0 Å². The van der Waals surface area contributed by atoms with E-state index < -0.39 is 341 Å². The molecule has 1 aliphatic rings. The minimum Gasteiger partial charge on any atom is -0.481 e. The van der Waals surface area contributed by atoms with Crippen LogP contribution in [0.2, 0.25) is 0 Å². The summed E-state index contributed by atoms with van der Waals surface area (Å²) in [6.45, 7) is 12.2. The summed E-state index contributed by atoms with van der Waals surface area (Å²) in [6, 6.07) is -23.1. The summed E-state index contributed by atoms with van der Waals surface area (Å²) in [5.41, 5.74) is 27.4. The maximum atomic E-state index is 14.5. The summed E-state index contributed by atoms with van der Waals surface area (Å²) in [5, 5.41) is 86.0. The molecule has 20 amide bonds. The van der Waals surface area contributed by atoms with Crippen molar-refractivity contribution < 1.29 is 135 Å². The number of hydrogen-bond acceptors (Lipinski definition) is 27. The van der Waals surface area contributed by atoms with Crippen LogP contribution in [0.3, 0.4) is 0 Å². The fourth-order valence-electron chi connectivity index (χ4n) is 12.8. The third-order valence-corrected chi connectivity index (χ3v) is 20.5. The van der Waals surface area contributed by atoms with E-state index in [-0.39, 0.29) is 75.6 Å². The monoisotopic (exact) mass is 1900 g/mol. The normalized spacial score (nSPS) is 15.4. The number of hydrogen-bond donors (Lipinski definition) is 27. The average molecular weight is 1900 g/mol. The van der Waals surface area contributed by atoms with Gasteiger partial charge in [-0.1, -0.05) is 55.4 Å². The number of carboxylic acid groups (broad SMARTS) is 4. The van der Waals surface area contributed by atoms with Crippen molar-refractivity contribution >= 4 is 160 Å². The number of primary amides is 3. The van der Waals surface area contributed by atoms with E-state index in [2.05, 4.69) is 90.4 Å². The highest BCUT2D eigenvalue weighted by molar-refractivity contribution is 7.98. The fourth-order valence-corrected chi connectivity index (χ4v) is 13.3. The van der Waals surface area contributed by atoms with E-state index in [0.717, 1.165) is 4.90 Å². The van der Waals surface area contributed by atoms with E-state index in [1.165, 1.54) is 53.3 Å². The molecule has 1 saturated heterocycles. The Morgan fingerprint density at radius 1 is 0.379 bits per heavy atom. The Labute approximate surface area is 765 Å². The number of likely N-dealkylation sites (tertiary alicyclic amines) is 1. The van der Waals surface area contributed by atoms with Gasteiger partial charge in [-0.3, -0.25) is 120 Å². The number of nitrogens with two attached hydrogens (primary N) is 5. The Hall–Kier alpha value is -13.1. The van der Waals surface area contributed by atoms with Gasteiger partial charge in [-0.15, -0.1) is 0 Å². The molecule has 0 aromatic heterocycles. The molecule has 15 atom stereocenters. The zero-order chi connectivity index (χ0) is 101. The molecule has 53 heteroatoms. The number of guanidine groups is 1. The second-order valence-electron chi connectivity index (χ2n) is 33.0. The maximum Gasteiger partial charge on any atom is 0.325 e. The van der Waals surface area contributed by atoms with Crippen LogP contribution in [-0.2, 0) is 115 Å². The lowest BCUT2D eigenvalue weighted by molar-refractivity contribution is -0.147. The van der Waals surface area contributed by atoms with Crippen LogP contribution in [-0.4, -0.2) is 309 Å². The highest BCUT2D eigenvalue weighted by Gasteiger charge is 2.42. The molecule has 1 rings (SSSR count). The fraction of sp³-hybridized carbons (Fsp3) is 0.684. The minimum absolute atomic E-state index is 0.0198. The molecule has 52 nitrogen and oxygen atoms in total. The van der Waals surface area contributed by atoms with Crippen molar-refractivity contribution in [3.05, 3.63) is 0 Å². The molecule has 0 unspecified atom stereocenters. The van der Waals surface area contributed by atoms with Gasteiger partial charge in [0, 0.05) is 45.2 Å². The molecule has 0 aromatic carbocycles. The van der Waals surface area contributed by atoms with Crippen molar-refractivity contribution in [3.63, 3.8) is 0 Å². The second-order valence-corrected chi connectivity index (χ2v) is 33.9. The Morgan fingerprint density at radius 2 is 0.712 bits per heavy atom. The van der Waals surface area contributed by atoms with E-state index in [1.54, 1.807) is 34.0 Å². The predicted molar refractivity (Wildman–Crippen MR) is 468 cm³/mol. The highest BCUT2D eigenvalue weighted by atomic mass is 32.2. The van der Waals surface area contributed by atoms with Crippen LogP contribution in [0.1, 0.15) is 185 Å². The molecular weight excluding hydrogens is 1770 g/mol. The summed E-state index contributed by atoms with van der Waals surface area (Å²) in [7, 11) is 0. The predicted octanol–water partition coefficient (Wildman–Crippen LogP) is -9.50. The van der Waals surface area contributed by atoms with E-state index >= 15 is 0 Å². The maximum absolute atomic E-state index is 14.5. The molecule has 0 spiro atoms. The molecule has 0 aliphatic carbocycles. The van der Waals surface area contributed by atoms with Crippen molar-refractivity contribution in [2.75, 3.05) is 44.7 Å². The van der Waals surface area contributed by atoms with Crippen LogP contribution in [0.4, 0.5) is 0 Å². The molecule has 0 radical (unpaired) electrons. The summed E-state index contributed by atoms with van der Waals surface area (Å²) < 4.78 is 0. The van der Waals surface area contributed by atoms with Crippen LogP contribution < -0.4 is 119 Å². The molecule has 742 valence electrons. The molecular formula is C79H132N24O28S. The number of nitrogens with one attached hydrogen (secondary N) is 18. The molecule has 0 bridgehead atoms. The number of carbonyl (C=O) groups is 24. The van der Waals surface area contributed by atoms with Gasteiger partial charge in [0.1, 0.15) is 84.6 Å². The van der Waals surface area contributed by atoms with E-state index in [1.807, 2.05) is 0 Å². The lowest BCUT2D eigenvalue weighted by Crippen LogP contribution is -2.61. The van der Waals surface area contributed by atoms with Crippen LogP contribution in [0.5, 0.6) is 0 Å². The van der Waals surface area contributed by atoms with Crippen LogP contribution in [0.25, 0.3) is 0 Å². The topological polar surface area (TPSA) is 852 Å². The van der Waals surface area contributed by atoms with Gasteiger partial charge in [0.2, 0.25) is 118 Å². The molecule has 1 heterocycles. The Bertz CT molecular complexity index is 4100. The molecule has 1 fully saturated rings. The smallest absolute Gasteiger partial charge is 0.325 e. The number of nitrogens with zero attached hydrogens (tertiary/aromatic N) is 1. The van der Waals surface area contributed by atoms with Crippen LogP contribution >= 0.6 is 11.8 Å². The summed E-state index contributed by atoms with van der Waals surface area (Å²) in [4.78, 5) is 319. The Kier molecular flexibility index (Phi) is 53.1. The van der Waals surface area contributed by atoms with E-state index in [4.69, 9.17) is 34.1 Å². The zero-order valence-electron chi connectivity index (χ0n) is 75.8. The second kappa shape index (κ2) is 59.9. The summed E-state index contributed by atoms with van der Waals surface area (Å²) in [5.74, 6) is -28.9. The first kappa shape index (κ1) is 117. The lowest BCUT2D eigenvalue weighted by Gasteiger charge is -2.29. The summed E-state index contributed by atoms with van der Waals surface area (Å²) >= 11 is 1.21. The van der Waals surface area contributed by atoms with Crippen molar-refractivity contribution in [3.8, 4) is 0 Å². The Balaban J connectivity index is 3.55. The van der Waals surface area contributed by atoms with Gasteiger partial charge in [0.25, 0.3) is 0 Å². The van der Waals surface area contributed by atoms with Gasteiger partial charge in [-0.05, 0) is 127 Å². The number of rotatable bonds is 64. The average Bonchev–Trinajstić information content (AvgIpc) is 1.66. The number of aliphatic carboxylic acids is 4. The zero-order valence-corrected chi connectivity index (χ0v) is 76.6. The van der Waals surface area contributed by atoms with E-state index in [9.17, 15) is 135 Å². The van der Waals surface area contributed by atoms with Crippen molar-refractivity contribution in [2.24, 2.45) is 52.3 Å². The van der Waals surface area contributed by atoms with Crippen molar-refractivity contribution in [1.29, 1.82) is 5.41 Å². The highest BCUT2D eigenvalue weighted by Crippen LogP contribution is 2.21. The van der Waals surface area contributed by atoms with Gasteiger partial charge in [-0.25, -0.2) is 0 Å². The van der Waals surface area contributed by atoms with Gasteiger partial charge >= 0.3 is 23.9 Å². The van der Waals surface area contributed by atoms with Crippen LogP contribution in [0.15, 0.2) is 0 Å². The third kappa shape index (κ3) is 46.4. The number of thioether (sulfide) groups is 1. The number of carbonyl (C=O) groups excluding carboxylic acids is 20. The number of carboxylic acids is 4. The first-order valence-corrected chi connectivity index (χ1v) is 44.1. The minimum atomic E-state index is -1.81. The SMILES string of the molecule is CSCC[C@H](NC(=O)[C@@H](NC(=O)[C@H](CCC(N)=O)NC(=O)[C@H](CCC(N)=O)NC(=O)CNC(=O)[C@@H](NC(=O)[C@H](CC(C)C)NC(=O)[C@H](CCCNC(=N)N)NC(=O)[C@H](CC(C)C)NC(=O)[C@H](CCC(=O)O)NC(=O)CNC(=O)[C@H](CCC(=O)O)NC(=O)[C@H](C)N)C(C)C)C(C)C)C(=O)N[C@@H](CCC(N)=O)C(=O)NCC(=O)N[C@@H](CC(=O)O)C(=O)N1CCC[C@H]1C(=O)N[C@@H](C)C(=O)O. The quantitative estimate of drug-likeness (QED) is 0.0153. The molecule has 32 N–H and O–H groups in total. The molecule has 1 aliphatic heterocycles. The first-order valence-electron chi connectivity index (χ1n) is 42.7. The largest absolute Gasteiger partial charge is 0.481 e. The van der Waals surface area contributed by atoms with Gasteiger partial charge in [0.15, 0.2) is 5.96 Å². The Morgan fingerprint density at radius 3 is 1.08 bits per heavy atom.